The third-order valence-electron chi connectivity index (χ3n) is 4.13. The van der Waals surface area contributed by atoms with E-state index in [0.717, 1.165) is 5.56 Å². The van der Waals surface area contributed by atoms with E-state index in [4.69, 9.17) is 13.9 Å². The zero-order chi connectivity index (χ0) is 20.1. The second-order valence-corrected chi connectivity index (χ2v) is 5.99. The van der Waals surface area contributed by atoms with Crippen molar-refractivity contribution >= 4 is 23.2 Å². The number of nitrogens with one attached hydrogen (secondary N) is 2. The van der Waals surface area contributed by atoms with Crippen LogP contribution in [-0.2, 0) is 0 Å². The monoisotopic (exact) mass is 380 g/mol. The Morgan fingerprint density at radius 1 is 0.893 bits per heavy atom. The van der Waals surface area contributed by atoms with Crippen LogP contribution in [0.3, 0.4) is 0 Å². The van der Waals surface area contributed by atoms with E-state index in [9.17, 15) is 9.59 Å². The number of benzene rings is 2. The molecule has 144 valence electrons. The molecule has 0 radical (unpaired) electrons. The molecule has 0 unspecified atom stereocenters. The first-order chi connectivity index (χ1) is 13.5. The normalized spacial score (nSPS) is 10.2. The van der Waals surface area contributed by atoms with Crippen LogP contribution >= 0.6 is 0 Å². The van der Waals surface area contributed by atoms with E-state index in [1.807, 2.05) is 6.92 Å². The molecule has 0 saturated heterocycles. The van der Waals surface area contributed by atoms with Gasteiger partial charge in [-0.05, 0) is 48.9 Å². The number of hydrogen-bond acceptors (Lipinski definition) is 5. The molecule has 28 heavy (non-hydrogen) atoms. The summed E-state index contributed by atoms with van der Waals surface area (Å²) in [6.07, 6.45) is 1.43. The van der Waals surface area contributed by atoms with Crippen LogP contribution in [0.25, 0.3) is 0 Å². The predicted molar refractivity (Wildman–Crippen MR) is 105 cm³/mol. The summed E-state index contributed by atoms with van der Waals surface area (Å²) in [6.45, 7) is 1.84. The molecule has 1 aromatic heterocycles. The van der Waals surface area contributed by atoms with E-state index in [2.05, 4.69) is 10.6 Å². The fraction of sp³-hybridized carbons (Fsp3) is 0.143. The second-order valence-electron chi connectivity index (χ2n) is 5.99. The standard InChI is InChI=1S/C21H20N2O5/c1-13-6-7-14(11-16(13)23-21(25)18-5-4-10-28-18)20(24)22-15-8-9-17(26-2)19(12-15)27-3/h4-12H,1-3H3,(H,22,24)(H,23,25). The molecule has 0 fully saturated rings. The molecule has 7 nitrogen and oxygen atoms in total. The SMILES string of the molecule is COc1ccc(NC(=O)c2ccc(C)c(NC(=O)c3ccco3)c2)cc1OC. The molecule has 3 rings (SSSR count). The first-order valence-corrected chi connectivity index (χ1v) is 8.50. The lowest BCUT2D eigenvalue weighted by Crippen LogP contribution is -2.15. The van der Waals surface area contributed by atoms with Gasteiger partial charge in [-0.1, -0.05) is 6.07 Å². The lowest BCUT2D eigenvalue weighted by Gasteiger charge is -2.12. The molecular weight excluding hydrogens is 360 g/mol. The summed E-state index contributed by atoms with van der Waals surface area (Å²) >= 11 is 0. The number of rotatable bonds is 6. The molecule has 0 saturated carbocycles. The molecular formula is C21H20N2O5. The smallest absolute Gasteiger partial charge is 0.291 e. The summed E-state index contributed by atoms with van der Waals surface area (Å²) < 4.78 is 15.5. The van der Waals surface area contributed by atoms with E-state index < -0.39 is 0 Å². The van der Waals surface area contributed by atoms with Gasteiger partial charge in [0, 0.05) is 23.0 Å². The molecule has 0 atom stereocenters. The Kier molecular flexibility index (Phi) is 5.64. The number of amides is 2. The molecule has 3 aromatic rings. The second kappa shape index (κ2) is 8.30. The van der Waals surface area contributed by atoms with Crippen molar-refractivity contribution in [3.63, 3.8) is 0 Å². The number of hydrogen-bond donors (Lipinski definition) is 2. The van der Waals surface area contributed by atoms with Crippen LogP contribution in [0, 0.1) is 6.92 Å². The molecule has 0 aliphatic carbocycles. The fourth-order valence-electron chi connectivity index (χ4n) is 2.61. The van der Waals surface area contributed by atoms with Crippen LogP contribution in [0.4, 0.5) is 11.4 Å². The van der Waals surface area contributed by atoms with Crippen molar-refractivity contribution in [3.8, 4) is 11.5 Å². The average Bonchev–Trinajstić information content (AvgIpc) is 3.24. The van der Waals surface area contributed by atoms with Crippen LogP contribution in [0.1, 0.15) is 26.5 Å². The summed E-state index contributed by atoms with van der Waals surface area (Å²) in [5, 5.41) is 5.56. The molecule has 0 aliphatic rings. The van der Waals surface area contributed by atoms with Gasteiger partial charge in [-0.25, -0.2) is 0 Å². The molecule has 0 bridgehead atoms. The van der Waals surface area contributed by atoms with E-state index in [1.54, 1.807) is 55.6 Å². The summed E-state index contributed by atoms with van der Waals surface area (Å²) in [6, 6.07) is 13.4. The maximum Gasteiger partial charge on any atom is 0.291 e. The average molecular weight is 380 g/mol. The lowest BCUT2D eigenvalue weighted by molar-refractivity contribution is 0.0993. The van der Waals surface area contributed by atoms with Crippen LogP contribution in [0.5, 0.6) is 11.5 Å². The Balaban J connectivity index is 1.78. The van der Waals surface area contributed by atoms with Gasteiger partial charge in [0.15, 0.2) is 17.3 Å². The largest absolute Gasteiger partial charge is 0.493 e. The van der Waals surface area contributed by atoms with Gasteiger partial charge in [-0.3, -0.25) is 9.59 Å². The van der Waals surface area contributed by atoms with E-state index >= 15 is 0 Å². The van der Waals surface area contributed by atoms with Crippen molar-refractivity contribution in [3.05, 3.63) is 71.7 Å². The van der Waals surface area contributed by atoms with Crippen molar-refractivity contribution < 1.29 is 23.5 Å². The van der Waals surface area contributed by atoms with Crippen LogP contribution in [0.2, 0.25) is 0 Å². The first kappa shape index (κ1) is 19.0. The fourth-order valence-corrected chi connectivity index (χ4v) is 2.61. The molecule has 7 heteroatoms. The highest BCUT2D eigenvalue weighted by Crippen LogP contribution is 2.30. The van der Waals surface area contributed by atoms with Crippen LogP contribution in [-0.4, -0.2) is 26.0 Å². The minimum absolute atomic E-state index is 0.194. The minimum Gasteiger partial charge on any atom is -0.493 e. The van der Waals surface area contributed by atoms with Crippen LogP contribution in [0.15, 0.2) is 59.2 Å². The van der Waals surface area contributed by atoms with Gasteiger partial charge in [-0.15, -0.1) is 0 Å². The molecule has 2 amide bonds. The van der Waals surface area contributed by atoms with Gasteiger partial charge in [0.05, 0.1) is 20.5 Å². The number of furan rings is 1. The highest BCUT2D eigenvalue weighted by molar-refractivity contribution is 6.07. The van der Waals surface area contributed by atoms with Crippen molar-refractivity contribution in [1.29, 1.82) is 0 Å². The third kappa shape index (κ3) is 4.15. The Hall–Kier alpha value is -3.74. The first-order valence-electron chi connectivity index (χ1n) is 8.50. The van der Waals surface area contributed by atoms with Gasteiger partial charge in [0.1, 0.15) is 0 Å². The molecule has 0 spiro atoms. The van der Waals surface area contributed by atoms with E-state index in [-0.39, 0.29) is 17.6 Å². The maximum absolute atomic E-state index is 12.6. The van der Waals surface area contributed by atoms with E-state index in [0.29, 0.717) is 28.4 Å². The summed E-state index contributed by atoms with van der Waals surface area (Å²) in [5.74, 6) is 0.570. The predicted octanol–water partition coefficient (Wildman–Crippen LogP) is 4.11. The lowest BCUT2D eigenvalue weighted by atomic mass is 10.1. The number of aryl methyl sites for hydroxylation is 1. The number of methoxy groups -OCH3 is 2. The quantitative estimate of drug-likeness (QED) is 0.672. The maximum atomic E-state index is 12.6. The minimum atomic E-state index is -0.384. The summed E-state index contributed by atoms with van der Waals surface area (Å²) in [4.78, 5) is 24.8. The highest BCUT2D eigenvalue weighted by atomic mass is 16.5. The number of anilines is 2. The van der Waals surface area contributed by atoms with Crippen LogP contribution < -0.4 is 20.1 Å². The summed E-state index contributed by atoms with van der Waals surface area (Å²) in [7, 11) is 3.07. The third-order valence-corrected chi connectivity index (χ3v) is 4.13. The van der Waals surface area contributed by atoms with Gasteiger partial charge in [0.25, 0.3) is 11.8 Å². The Labute approximate surface area is 162 Å². The molecule has 2 N–H and O–H groups in total. The number of carbonyl (C=O) groups excluding carboxylic acids is 2. The van der Waals surface area contributed by atoms with Crippen molar-refractivity contribution in [2.75, 3.05) is 24.9 Å². The molecule has 2 aromatic carbocycles. The van der Waals surface area contributed by atoms with Crippen molar-refractivity contribution in [2.24, 2.45) is 0 Å². The van der Waals surface area contributed by atoms with Gasteiger partial charge >= 0.3 is 0 Å². The number of carbonyl (C=O) groups is 2. The van der Waals surface area contributed by atoms with Gasteiger partial charge in [-0.2, -0.15) is 0 Å². The summed E-state index contributed by atoms with van der Waals surface area (Å²) in [5.41, 5.74) is 2.31. The Bertz CT molecular complexity index is 996. The molecule has 1 heterocycles. The van der Waals surface area contributed by atoms with E-state index in [1.165, 1.54) is 13.4 Å². The van der Waals surface area contributed by atoms with Gasteiger partial charge < -0.3 is 24.5 Å². The Morgan fingerprint density at radius 2 is 1.68 bits per heavy atom. The zero-order valence-electron chi connectivity index (χ0n) is 15.7. The van der Waals surface area contributed by atoms with Crippen molar-refractivity contribution in [1.82, 2.24) is 0 Å². The van der Waals surface area contributed by atoms with Gasteiger partial charge in [0.2, 0.25) is 0 Å². The topological polar surface area (TPSA) is 89.8 Å². The van der Waals surface area contributed by atoms with Crippen molar-refractivity contribution in [2.45, 2.75) is 6.92 Å². The highest BCUT2D eigenvalue weighted by Gasteiger charge is 2.14. The molecule has 0 aliphatic heterocycles. The number of ether oxygens (including phenoxy) is 2. The Morgan fingerprint density at radius 3 is 2.36 bits per heavy atom. The zero-order valence-corrected chi connectivity index (χ0v) is 15.7.